The number of hydrogen-bond acceptors (Lipinski definition) is 3. The molecule has 3 nitrogen and oxygen atoms in total. The van der Waals surface area contributed by atoms with Crippen molar-refractivity contribution in [2.24, 2.45) is 0 Å². The number of hydrogen-bond donors (Lipinski definition) is 2. The summed E-state index contributed by atoms with van der Waals surface area (Å²) in [6.45, 7) is 3.08. The van der Waals surface area contributed by atoms with Crippen LogP contribution in [0.15, 0.2) is 6.07 Å². The summed E-state index contributed by atoms with van der Waals surface area (Å²) in [5.41, 5.74) is 2.09. The monoisotopic (exact) mass is 269 g/mol. The molecule has 0 spiro atoms. The van der Waals surface area contributed by atoms with Gasteiger partial charge in [-0.25, -0.2) is 0 Å². The summed E-state index contributed by atoms with van der Waals surface area (Å²) >= 11 is 6.24. The van der Waals surface area contributed by atoms with E-state index in [1.54, 1.807) is 0 Å². The van der Waals surface area contributed by atoms with E-state index in [9.17, 15) is 5.11 Å². The highest BCUT2D eigenvalue weighted by molar-refractivity contribution is 6.33. The number of aryl methyl sites for hydroxylation is 1. The average Bonchev–Trinajstić information content (AvgIpc) is 2.40. The Balaban J connectivity index is 2.24. The van der Waals surface area contributed by atoms with Gasteiger partial charge in [0.1, 0.15) is 0 Å². The molecule has 0 bridgehead atoms. The number of phenols is 1. The number of phenolic OH excluding ortho intramolecular Hbond substituents is 1. The first-order chi connectivity index (χ1) is 8.63. The molecule has 0 amide bonds. The fourth-order valence-corrected chi connectivity index (χ4v) is 2.85. The summed E-state index contributed by atoms with van der Waals surface area (Å²) in [5.74, 6) is 0.494. The van der Waals surface area contributed by atoms with E-state index in [1.165, 1.54) is 26.4 Å². The summed E-state index contributed by atoms with van der Waals surface area (Å²) in [6, 6.07) is 2.31. The number of rotatable bonds is 3. The second-order valence-corrected chi connectivity index (χ2v) is 5.27. The number of methoxy groups -OCH3 is 1. The first kappa shape index (κ1) is 13.5. The summed E-state index contributed by atoms with van der Waals surface area (Å²) in [5, 5.41) is 13.9. The molecular formula is C14H20ClNO2. The van der Waals surface area contributed by atoms with Crippen LogP contribution in [0.25, 0.3) is 0 Å². The van der Waals surface area contributed by atoms with Crippen LogP contribution in [0, 0.1) is 6.92 Å². The molecule has 1 heterocycles. The molecule has 100 valence electrons. The van der Waals surface area contributed by atoms with Crippen molar-refractivity contribution in [3.8, 4) is 11.5 Å². The van der Waals surface area contributed by atoms with Gasteiger partial charge in [0.25, 0.3) is 0 Å². The summed E-state index contributed by atoms with van der Waals surface area (Å²) in [4.78, 5) is 0. The van der Waals surface area contributed by atoms with Crippen molar-refractivity contribution in [3.63, 3.8) is 0 Å². The molecule has 1 aromatic carbocycles. The van der Waals surface area contributed by atoms with E-state index in [-0.39, 0.29) is 5.75 Å². The smallest absolute Gasteiger partial charge is 0.177 e. The van der Waals surface area contributed by atoms with Crippen LogP contribution in [0.4, 0.5) is 0 Å². The Morgan fingerprint density at radius 2 is 2.28 bits per heavy atom. The van der Waals surface area contributed by atoms with Crippen molar-refractivity contribution in [3.05, 3.63) is 22.2 Å². The number of benzene rings is 1. The van der Waals surface area contributed by atoms with Crippen molar-refractivity contribution in [1.29, 1.82) is 0 Å². The van der Waals surface area contributed by atoms with Crippen LogP contribution in [0.1, 0.15) is 30.4 Å². The number of halogens is 1. The lowest BCUT2D eigenvalue weighted by Crippen LogP contribution is -2.35. The molecule has 1 atom stereocenters. The third kappa shape index (κ3) is 2.73. The van der Waals surface area contributed by atoms with Gasteiger partial charge in [0.15, 0.2) is 11.5 Å². The van der Waals surface area contributed by atoms with E-state index in [1.807, 2.05) is 13.0 Å². The maximum absolute atomic E-state index is 9.95. The minimum absolute atomic E-state index is 0.0515. The quantitative estimate of drug-likeness (QED) is 0.886. The lowest BCUT2D eigenvalue weighted by atomic mass is 9.95. The normalized spacial score (nSPS) is 19.8. The van der Waals surface area contributed by atoms with Crippen LogP contribution in [0.5, 0.6) is 11.5 Å². The van der Waals surface area contributed by atoms with Gasteiger partial charge in [-0.2, -0.15) is 0 Å². The lowest BCUT2D eigenvalue weighted by Gasteiger charge is -2.25. The fraction of sp³-hybridized carbons (Fsp3) is 0.571. The standard InChI is InChI=1S/C14H20ClNO2/c1-9-7-12(18-2)14(17)13(15)11(9)8-10-5-3-4-6-16-10/h7,10,16-17H,3-6,8H2,1-2H3. The summed E-state index contributed by atoms with van der Waals surface area (Å²) in [6.07, 6.45) is 4.54. The average molecular weight is 270 g/mol. The molecule has 1 unspecified atom stereocenters. The SMILES string of the molecule is COc1cc(C)c(CC2CCCCN2)c(Cl)c1O. The van der Waals surface area contributed by atoms with Gasteiger partial charge in [-0.05, 0) is 49.9 Å². The van der Waals surface area contributed by atoms with Gasteiger partial charge in [-0.1, -0.05) is 18.0 Å². The highest BCUT2D eigenvalue weighted by atomic mass is 35.5. The molecule has 2 N–H and O–H groups in total. The molecule has 2 rings (SSSR count). The van der Waals surface area contributed by atoms with Gasteiger partial charge >= 0.3 is 0 Å². The van der Waals surface area contributed by atoms with Crippen LogP contribution in [0.3, 0.4) is 0 Å². The minimum Gasteiger partial charge on any atom is -0.503 e. The third-order valence-corrected chi connectivity index (χ3v) is 4.02. The van der Waals surface area contributed by atoms with E-state index in [4.69, 9.17) is 16.3 Å². The van der Waals surface area contributed by atoms with E-state index in [0.717, 1.165) is 24.1 Å². The van der Waals surface area contributed by atoms with Crippen molar-refractivity contribution in [1.82, 2.24) is 5.32 Å². The summed E-state index contributed by atoms with van der Waals surface area (Å²) in [7, 11) is 1.53. The first-order valence-corrected chi connectivity index (χ1v) is 6.79. The van der Waals surface area contributed by atoms with Crippen molar-refractivity contribution < 1.29 is 9.84 Å². The molecule has 1 aromatic rings. The second kappa shape index (κ2) is 5.81. The Morgan fingerprint density at radius 3 is 2.89 bits per heavy atom. The molecular weight excluding hydrogens is 250 g/mol. The van der Waals surface area contributed by atoms with Gasteiger partial charge in [-0.15, -0.1) is 0 Å². The molecule has 0 radical (unpaired) electrons. The Morgan fingerprint density at radius 1 is 1.50 bits per heavy atom. The molecule has 18 heavy (non-hydrogen) atoms. The largest absolute Gasteiger partial charge is 0.503 e. The second-order valence-electron chi connectivity index (χ2n) is 4.89. The zero-order chi connectivity index (χ0) is 13.1. The number of piperidine rings is 1. The zero-order valence-electron chi connectivity index (χ0n) is 10.9. The van der Waals surface area contributed by atoms with Crippen molar-refractivity contribution in [2.75, 3.05) is 13.7 Å². The van der Waals surface area contributed by atoms with Gasteiger partial charge in [-0.3, -0.25) is 0 Å². The van der Waals surface area contributed by atoms with E-state index < -0.39 is 0 Å². The summed E-state index contributed by atoms with van der Waals surface area (Å²) < 4.78 is 5.10. The minimum atomic E-state index is 0.0515. The molecule has 1 fully saturated rings. The highest BCUT2D eigenvalue weighted by Crippen LogP contribution is 2.39. The van der Waals surface area contributed by atoms with E-state index in [2.05, 4.69) is 5.32 Å². The molecule has 0 saturated carbocycles. The predicted molar refractivity (Wildman–Crippen MR) is 73.8 cm³/mol. The molecule has 1 aliphatic heterocycles. The van der Waals surface area contributed by atoms with Gasteiger partial charge in [0.2, 0.25) is 0 Å². The molecule has 1 aliphatic rings. The van der Waals surface area contributed by atoms with Crippen LogP contribution < -0.4 is 10.1 Å². The van der Waals surface area contributed by atoms with Crippen LogP contribution >= 0.6 is 11.6 Å². The Bertz CT molecular complexity index is 428. The molecule has 0 aromatic heterocycles. The highest BCUT2D eigenvalue weighted by Gasteiger charge is 2.19. The zero-order valence-corrected chi connectivity index (χ0v) is 11.7. The predicted octanol–water partition coefficient (Wildman–Crippen LogP) is 3.05. The first-order valence-electron chi connectivity index (χ1n) is 6.41. The van der Waals surface area contributed by atoms with Gasteiger partial charge in [0.05, 0.1) is 12.1 Å². The van der Waals surface area contributed by atoms with Crippen molar-refractivity contribution in [2.45, 2.75) is 38.6 Å². The third-order valence-electron chi connectivity index (χ3n) is 3.61. The maximum atomic E-state index is 9.95. The van der Waals surface area contributed by atoms with E-state index >= 15 is 0 Å². The fourth-order valence-electron chi connectivity index (χ4n) is 2.53. The van der Waals surface area contributed by atoms with Gasteiger partial charge < -0.3 is 15.2 Å². The van der Waals surface area contributed by atoms with Crippen LogP contribution in [-0.2, 0) is 6.42 Å². The molecule has 0 aliphatic carbocycles. The van der Waals surface area contributed by atoms with Gasteiger partial charge in [0, 0.05) is 6.04 Å². The van der Waals surface area contributed by atoms with Crippen LogP contribution in [-0.4, -0.2) is 24.8 Å². The molecule has 4 heteroatoms. The number of aromatic hydroxyl groups is 1. The number of nitrogens with one attached hydrogen (secondary N) is 1. The lowest BCUT2D eigenvalue weighted by molar-refractivity contribution is 0.371. The van der Waals surface area contributed by atoms with Crippen LogP contribution in [0.2, 0.25) is 5.02 Å². The Labute approximate surface area is 113 Å². The molecule has 1 saturated heterocycles. The Kier molecular flexibility index (Phi) is 4.36. The van der Waals surface area contributed by atoms with Crippen molar-refractivity contribution >= 4 is 11.6 Å². The Hall–Kier alpha value is -0.930. The topological polar surface area (TPSA) is 41.5 Å². The van der Waals surface area contributed by atoms with E-state index in [0.29, 0.717) is 16.8 Å². The number of ether oxygens (including phenoxy) is 1. The maximum Gasteiger partial charge on any atom is 0.177 e.